The SMILES string of the molecule is CCCCc1c/c(=N/O)oc2cc3c(cc12)CCC1(CCCCC1)O3. The van der Waals surface area contributed by atoms with Crippen LogP contribution >= 0.6 is 0 Å². The molecule has 1 aliphatic heterocycles. The van der Waals surface area contributed by atoms with Crippen molar-refractivity contribution in [2.45, 2.75) is 76.7 Å². The van der Waals surface area contributed by atoms with Crippen LogP contribution in [-0.2, 0) is 12.8 Å². The predicted molar refractivity (Wildman–Crippen MR) is 96.9 cm³/mol. The van der Waals surface area contributed by atoms with Gasteiger partial charge in [-0.15, -0.1) is 0 Å². The van der Waals surface area contributed by atoms with E-state index in [-0.39, 0.29) is 11.2 Å². The number of unbranched alkanes of at least 4 members (excludes halogenated alkanes) is 1. The molecule has 4 rings (SSSR count). The topological polar surface area (TPSA) is 55.0 Å². The van der Waals surface area contributed by atoms with Gasteiger partial charge in [-0.3, -0.25) is 0 Å². The Bertz CT molecular complexity index is 831. The summed E-state index contributed by atoms with van der Waals surface area (Å²) < 4.78 is 12.3. The highest BCUT2D eigenvalue weighted by Crippen LogP contribution is 2.43. The van der Waals surface area contributed by atoms with Crippen LogP contribution in [0, 0.1) is 0 Å². The molecule has 1 spiro atoms. The maximum atomic E-state index is 9.18. The van der Waals surface area contributed by atoms with Crippen LogP contribution < -0.4 is 10.3 Å². The summed E-state index contributed by atoms with van der Waals surface area (Å²) in [7, 11) is 0. The average Bonchev–Trinajstić information content (AvgIpc) is 2.65. The zero-order chi connectivity index (χ0) is 17.3. The molecule has 4 nitrogen and oxygen atoms in total. The molecule has 2 aromatic rings. The van der Waals surface area contributed by atoms with E-state index in [2.05, 4.69) is 18.1 Å². The molecule has 0 atom stereocenters. The lowest BCUT2D eigenvalue weighted by Crippen LogP contribution is -2.41. The summed E-state index contributed by atoms with van der Waals surface area (Å²) in [6, 6.07) is 6.11. The van der Waals surface area contributed by atoms with Crippen LogP contribution in [0.4, 0.5) is 0 Å². The van der Waals surface area contributed by atoms with Gasteiger partial charge in [0.05, 0.1) is 0 Å². The monoisotopic (exact) mass is 341 g/mol. The molecule has 1 aliphatic carbocycles. The molecule has 2 aliphatic rings. The number of nitrogens with zero attached hydrogens (tertiary/aromatic N) is 1. The highest BCUT2D eigenvalue weighted by Gasteiger charge is 2.37. The molecule has 1 fully saturated rings. The minimum Gasteiger partial charge on any atom is -0.487 e. The Hall–Kier alpha value is -1.97. The van der Waals surface area contributed by atoms with Crippen LogP contribution in [-0.4, -0.2) is 10.8 Å². The molecular formula is C21H27NO3. The van der Waals surface area contributed by atoms with Crippen LogP contribution in [0.3, 0.4) is 0 Å². The highest BCUT2D eigenvalue weighted by molar-refractivity contribution is 5.83. The van der Waals surface area contributed by atoms with Crippen molar-refractivity contribution in [3.8, 4) is 5.75 Å². The van der Waals surface area contributed by atoms with Crippen LogP contribution in [0.1, 0.15) is 69.4 Å². The molecule has 1 N–H and O–H groups in total. The van der Waals surface area contributed by atoms with E-state index in [9.17, 15) is 5.21 Å². The van der Waals surface area contributed by atoms with E-state index >= 15 is 0 Å². The largest absolute Gasteiger partial charge is 0.487 e. The van der Waals surface area contributed by atoms with Gasteiger partial charge in [0.2, 0.25) is 0 Å². The standard InChI is InChI=1S/C21H27NO3/c1-2-3-7-15-13-20(22-23)24-19-14-18-16(12-17(15)19)8-11-21(25-18)9-5-4-6-10-21/h12-14,23H,2-11H2,1H3/b22-20-. The Morgan fingerprint density at radius 3 is 2.72 bits per heavy atom. The highest BCUT2D eigenvalue weighted by atomic mass is 16.5. The number of fused-ring (bicyclic) bond motifs is 2. The molecule has 0 saturated heterocycles. The Labute approximate surface area is 148 Å². The lowest BCUT2D eigenvalue weighted by Gasteiger charge is -2.41. The summed E-state index contributed by atoms with van der Waals surface area (Å²) in [4.78, 5) is 0. The van der Waals surface area contributed by atoms with Crippen LogP contribution in [0.25, 0.3) is 11.0 Å². The molecule has 0 radical (unpaired) electrons. The summed E-state index contributed by atoms with van der Waals surface area (Å²) in [5, 5.41) is 13.6. The number of rotatable bonds is 3. The summed E-state index contributed by atoms with van der Waals surface area (Å²) in [5.41, 5.74) is 3.53. The molecule has 0 unspecified atom stereocenters. The van der Waals surface area contributed by atoms with E-state index in [1.165, 1.54) is 30.4 Å². The smallest absolute Gasteiger partial charge is 0.255 e. The van der Waals surface area contributed by atoms with Gasteiger partial charge in [0.1, 0.15) is 16.9 Å². The van der Waals surface area contributed by atoms with Gasteiger partial charge < -0.3 is 14.4 Å². The van der Waals surface area contributed by atoms with Crippen molar-refractivity contribution in [3.63, 3.8) is 0 Å². The fourth-order valence-corrected chi connectivity index (χ4v) is 4.42. The second-order valence-electron chi connectivity index (χ2n) is 7.62. The first-order valence-corrected chi connectivity index (χ1v) is 9.70. The molecule has 134 valence electrons. The van der Waals surface area contributed by atoms with E-state index < -0.39 is 0 Å². The van der Waals surface area contributed by atoms with Gasteiger partial charge in [-0.25, -0.2) is 0 Å². The third kappa shape index (κ3) is 3.14. The lowest BCUT2D eigenvalue weighted by molar-refractivity contribution is 0.0109. The quantitative estimate of drug-likeness (QED) is 0.624. The number of benzene rings is 1. The molecule has 1 aromatic heterocycles. The fraction of sp³-hybridized carbons (Fsp3) is 0.571. The molecule has 0 amide bonds. The Balaban J connectivity index is 1.77. The second-order valence-corrected chi connectivity index (χ2v) is 7.62. The van der Waals surface area contributed by atoms with E-state index in [4.69, 9.17) is 9.15 Å². The van der Waals surface area contributed by atoms with Crippen molar-refractivity contribution in [2.24, 2.45) is 5.16 Å². The lowest BCUT2D eigenvalue weighted by atomic mass is 9.79. The fourth-order valence-electron chi connectivity index (χ4n) is 4.42. The zero-order valence-electron chi connectivity index (χ0n) is 15.0. The van der Waals surface area contributed by atoms with Gasteiger partial charge in [-0.1, -0.05) is 19.8 Å². The van der Waals surface area contributed by atoms with Gasteiger partial charge in [0.15, 0.2) is 0 Å². The normalized spacial score (nSPS) is 19.8. The Kier molecular flexibility index (Phi) is 4.45. The van der Waals surface area contributed by atoms with Gasteiger partial charge in [0.25, 0.3) is 5.55 Å². The van der Waals surface area contributed by atoms with Crippen molar-refractivity contribution >= 4 is 11.0 Å². The van der Waals surface area contributed by atoms with Gasteiger partial charge in [-0.2, -0.15) is 0 Å². The average molecular weight is 341 g/mol. The Morgan fingerprint density at radius 1 is 1.12 bits per heavy atom. The summed E-state index contributed by atoms with van der Waals surface area (Å²) in [6.07, 6.45) is 11.6. The van der Waals surface area contributed by atoms with E-state index in [1.807, 2.05) is 12.1 Å². The number of hydrogen-bond acceptors (Lipinski definition) is 4. The van der Waals surface area contributed by atoms with Gasteiger partial charge in [0, 0.05) is 17.5 Å². The van der Waals surface area contributed by atoms with Crippen LogP contribution in [0.2, 0.25) is 0 Å². The summed E-state index contributed by atoms with van der Waals surface area (Å²) in [5.74, 6) is 0.959. The minimum absolute atomic E-state index is 0.0307. The van der Waals surface area contributed by atoms with Crippen molar-refractivity contribution < 1.29 is 14.4 Å². The van der Waals surface area contributed by atoms with Crippen molar-refractivity contribution in [2.75, 3.05) is 0 Å². The maximum absolute atomic E-state index is 9.18. The van der Waals surface area contributed by atoms with Crippen LogP contribution in [0.15, 0.2) is 27.8 Å². The van der Waals surface area contributed by atoms with E-state index in [1.54, 1.807) is 0 Å². The zero-order valence-corrected chi connectivity index (χ0v) is 15.0. The molecule has 0 bridgehead atoms. The Morgan fingerprint density at radius 2 is 1.96 bits per heavy atom. The molecule has 1 aromatic carbocycles. The molecule has 2 heterocycles. The second kappa shape index (κ2) is 6.74. The first-order chi connectivity index (χ1) is 12.2. The summed E-state index contributed by atoms with van der Waals surface area (Å²) in [6.45, 7) is 2.19. The third-order valence-corrected chi connectivity index (χ3v) is 5.86. The number of hydrogen-bond donors (Lipinski definition) is 1. The first-order valence-electron chi connectivity index (χ1n) is 9.70. The van der Waals surface area contributed by atoms with Gasteiger partial charge in [-0.05, 0) is 73.7 Å². The number of aryl methyl sites for hydroxylation is 2. The van der Waals surface area contributed by atoms with Gasteiger partial charge >= 0.3 is 0 Å². The van der Waals surface area contributed by atoms with E-state index in [0.717, 1.165) is 61.7 Å². The molecule has 25 heavy (non-hydrogen) atoms. The van der Waals surface area contributed by atoms with E-state index in [0.29, 0.717) is 0 Å². The van der Waals surface area contributed by atoms with Crippen molar-refractivity contribution in [1.29, 1.82) is 0 Å². The van der Waals surface area contributed by atoms with Crippen molar-refractivity contribution in [1.82, 2.24) is 0 Å². The maximum Gasteiger partial charge on any atom is 0.255 e. The van der Waals surface area contributed by atoms with Crippen LogP contribution in [0.5, 0.6) is 5.75 Å². The first kappa shape index (κ1) is 16.5. The van der Waals surface area contributed by atoms with Crippen molar-refractivity contribution in [3.05, 3.63) is 34.9 Å². The summed E-state index contributed by atoms with van der Waals surface area (Å²) >= 11 is 0. The number of ether oxygens (including phenoxy) is 1. The molecule has 4 heteroatoms. The molecular weight excluding hydrogens is 314 g/mol. The molecule has 1 saturated carbocycles. The predicted octanol–water partition coefficient (Wildman–Crippen LogP) is 5.09. The third-order valence-electron chi connectivity index (χ3n) is 5.86. The minimum atomic E-state index is 0.0307.